The Hall–Kier alpha value is -7.06. The number of nitrogens with zero attached hydrogens (tertiary/aromatic N) is 1. The van der Waals surface area contributed by atoms with Gasteiger partial charge in [-0.1, -0.05) is 148 Å². The second-order valence-electron chi connectivity index (χ2n) is 15.3. The highest BCUT2D eigenvalue weighted by Crippen LogP contribution is 2.35. The molecule has 64 heavy (non-hydrogen) atoms. The number of isothiocyanates is 1. The van der Waals surface area contributed by atoms with Crippen LogP contribution in [0.3, 0.4) is 0 Å². The monoisotopic (exact) mass is 876 g/mol. The number of hydrogen-bond donors (Lipinski definition) is 1. The normalized spacial score (nSPS) is 10.8. The smallest absolute Gasteiger partial charge is 0.153 e. The average Bonchev–Trinajstić information content (AvgIpc) is 3.30. The Kier molecular flexibility index (Phi) is 14.3. The van der Waals surface area contributed by atoms with Gasteiger partial charge in [0.1, 0.15) is 34.6 Å². The van der Waals surface area contributed by atoms with Crippen LogP contribution in [-0.4, -0.2) is 5.16 Å². The van der Waals surface area contributed by atoms with Gasteiger partial charge in [-0.2, -0.15) is 4.99 Å². The molecule has 9 heteroatoms. The second-order valence-corrected chi connectivity index (χ2v) is 15.5. The summed E-state index contributed by atoms with van der Waals surface area (Å²) in [7, 11) is 0. The zero-order chi connectivity index (χ0) is 45.3. The van der Waals surface area contributed by atoms with Crippen LogP contribution in [0.15, 0.2) is 163 Å². The number of nitrogen functional groups attached to an aromatic ring is 1. The number of benzene rings is 8. The van der Waals surface area contributed by atoms with Crippen LogP contribution in [0.1, 0.15) is 37.8 Å². The molecule has 0 aliphatic rings. The number of anilines is 1. The van der Waals surface area contributed by atoms with Gasteiger partial charge in [0, 0.05) is 11.1 Å². The van der Waals surface area contributed by atoms with E-state index in [9.17, 15) is 26.3 Å². The van der Waals surface area contributed by atoms with Crippen molar-refractivity contribution in [3.63, 3.8) is 0 Å². The van der Waals surface area contributed by atoms with E-state index < -0.39 is 46.3 Å². The second kappa shape index (κ2) is 20.4. The van der Waals surface area contributed by atoms with E-state index in [0.29, 0.717) is 11.1 Å². The average molecular weight is 877 g/mol. The molecule has 0 aromatic heterocycles. The van der Waals surface area contributed by atoms with Crippen molar-refractivity contribution >= 4 is 28.8 Å². The zero-order valence-electron chi connectivity index (χ0n) is 35.0. The summed E-state index contributed by atoms with van der Waals surface area (Å²) in [5, 5.41) is 1.94. The summed E-state index contributed by atoms with van der Waals surface area (Å²) in [5.74, 6) is -4.80. The third kappa shape index (κ3) is 10.4. The summed E-state index contributed by atoms with van der Waals surface area (Å²) in [6.45, 7) is 4.32. The minimum absolute atomic E-state index is 0.0826. The molecule has 0 aliphatic heterocycles. The maximum Gasteiger partial charge on any atom is 0.153 e. The molecule has 0 fully saturated rings. The molecule has 8 rings (SSSR count). The fourth-order valence-corrected chi connectivity index (χ4v) is 7.58. The SMILES string of the molecule is CCCc1ccc(-c2ccc(-c3ccc(-c4cc(F)c(N)c(F)c4)c(F)c3)cc2)cc1.CCCc1ccc(-c2ccc(-c3ccc(-c4cc(F)c(N=C=S)c(F)c4)c(F)c3)cc2)cc1. The molecule has 320 valence electrons. The van der Waals surface area contributed by atoms with E-state index >= 15 is 0 Å². The lowest BCUT2D eigenvalue weighted by Gasteiger charge is -2.10. The van der Waals surface area contributed by atoms with Crippen LogP contribution in [0.4, 0.5) is 37.7 Å². The minimum atomic E-state index is -0.927. The molecule has 0 saturated heterocycles. The fraction of sp³-hybridized carbons (Fsp3) is 0.109. The summed E-state index contributed by atoms with van der Waals surface area (Å²) < 4.78 is 85.5. The van der Waals surface area contributed by atoms with Crippen molar-refractivity contribution in [1.82, 2.24) is 0 Å². The molecule has 2 N–H and O–H groups in total. The van der Waals surface area contributed by atoms with Gasteiger partial charge in [0.15, 0.2) is 11.6 Å². The molecule has 2 nitrogen and oxygen atoms in total. The number of thiocarbonyl (C=S) groups is 1. The largest absolute Gasteiger partial charge is 0.394 e. The first kappa shape index (κ1) is 45.0. The van der Waals surface area contributed by atoms with Gasteiger partial charge < -0.3 is 5.73 Å². The fourth-order valence-electron chi connectivity index (χ4n) is 7.49. The lowest BCUT2D eigenvalue weighted by Crippen LogP contribution is -1.97. The molecular formula is C55H42F6N2S. The van der Waals surface area contributed by atoms with Crippen molar-refractivity contribution in [2.24, 2.45) is 4.99 Å². The predicted octanol–water partition coefficient (Wildman–Crippen LogP) is 16.4. The van der Waals surface area contributed by atoms with Crippen LogP contribution in [0.5, 0.6) is 0 Å². The number of nitrogens with two attached hydrogens (primary N) is 1. The van der Waals surface area contributed by atoms with Gasteiger partial charge in [0.25, 0.3) is 0 Å². The summed E-state index contributed by atoms with van der Waals surface area (Å²) in [5.41, 5.74) is 14.7. The Morgan fingerprint density at radius 3 is 0.984 bits per heavy atom. The Morgan fingerprint density at radius 1 is 0.391 bits per heavy atom. The van der Waals surface area contributed by atoms with Crippen LogP contribution >= 0.6 is 12.2 Å². The molecule has 8 aromatic carbocycles. The van der Waals surface area contributed by atoms with Crippen LogP contribution in [0, 0.1) is 34.9 Å². The van der Waals surface area contributed by atoms with Crippen molar-refractivity contribution in [2.75, 3.05) is 5.73 Å². The Bertz CT molecular complexity index is 2910. The summed E-state index contributed by atoms with van der Waals surface area (Å²) in [6.07, 6.45) is 4.36. The first-order valence-electron chi connectivity index (χ1n) is 20.8. The minimum Gasteiger partial charge on any atom is -0.394 e. The highest BCUT2D eigenvalue weighted by molar-refractivity contribution is 7.78. The molecule has 8 aromatic rings. The number of aliphatic imine (C=N–C) groups is 1. The van der Waals surface area contributed by atoms with Crippen molar-refractivity contribution in [1.29, 1.82) is 0 Å². The standard InChI is InChI=1S/C28H20F3NS.C27H22F3N/c1-2-3-18-4-6-19(7-5-18)20-8-10-21(11-9-20)22-12-13-24(25(29)14-22)23-15-26(30)28(32-17-33)27(31)16-23;1-2-3-17-4-6-18(7-5-17)19-8-10-20(11-9-19)21-12-13-23(24(28)14-21)22-15-25(29)27(31)26(30)16-22/h4-16H,2-3H2,1H3;4-16H,2-3,31H2,1H3. The van der Waals surface area contributed by atoms with E-state index in [1.807, 2.05) is 53.7 Å². The van der Waals surface area contributed by atoms with Gasteiger partial charge in [-0.05, 0) is 128 Å². The van der Waals surface area contributed by atoms with E-state index in [0.717, 1.165) is 83.3 Å². The highest BCUT2D eigenvalue weighted by Gasteiger charge is 2.16. The predicted molar refractivity (Wildman–Crippen MR) is 252 cm³/mol. The number of halogens is 6. The molecule has 0 amide bonds. The third-order valence-electron chi connectivity index (χ3n) is 10.9. The molecule has 0 heterocycles. The molecule has 0 radical (unpaired) electrons. The number of aryl methyl sites for hydroxylation is 2. The zero-order valence-corrected chi connectivity index (χ0v) is 35.9. The molecule has 0 saturated carbocycles. The van der Waals surface area contributed by atoms with Gasteiger partial charge in [-0.15, -0.1) is 0 Å². The Morgan fingerprint density at radius 2 is 0.672 bits per heavy atom. The maximum absolute atomic E-state index is 14.9. The quantitative estimate of drug-likeness (QED) is 0.0608. The van der Waals surface area contributed by atoms with Crippen LogP contribution < -0.4 is 5.73 Å². The molecular weight excluding hydrogens is 835 g/mol. The Labute approximate surface area is 374 Å². The van der Waals surface area contributed by atoms with E-state index in [1.54, 1.807) is 12.1 Å². The van der Waals surface area contributed by atoms with Gasteiger partial charge in [0.2, 0.25) is 0 Å². The number of rotatable bonds is 11. The first-order valence-corrected chi connectivity index (χ1v) is 21.2. The van der Waals surface area contributed by atoms with Crippen LogP contribution in [0.2, 0.25) is 0 Å². The van der Waals surface area contributed by atoms with E-state index in [4.69, 9.17) is 5.73 Å². The van der Waals surface area contributed by atoms with Crippen molar-refractivity contribution in [3.05, 3.63) is 204 Å². The maximum atomic E-state index is 14.9. The Balaban J connectivity index is 0.000000192. The molecule has 0 unspecified atom stereocenters. The van der Waals surface area contributed by atoms with E-state index in [2.05, 4.69) is 79.6 Å². The van der Waals surface area contributed by atoms with Crippen LogP contribution in [0.25, 0.3) is 66.8 Å². The summed E-state index contributed by atoms with van der Waals surface area (Å²) >= 11 is 4.40. The molecule has 0 bridgehead atoms. The van der Waals surface area contributed by atoms with Crippen molar-refractivity contribution in [2.45, 2.75) is 39.5 Å². The molecule has 0 spiro atoms. The topological polar surface area (TPSA) is 38.4 Å². The van der Waals surface area contributed by atoms with Gasteiger partial charge in [-0.3, -0.25) is 0 Å². The lowest BCUT2D eigenvalue weighted by molar-refractivity contribution is 0.587. The number of hydrogen-bond acceptors (Lipinski definition) is 3. The lowest BCUT2D eigenvalue weighted by atomic mass is 9.97. The van der Waals surface area contributed by atoms with E-state index in [1.165, 1.54) is 35.4 Å². The first-order chi connectivity index (χ1) is 31.0. The third-order valence-corrected chi connectivity index (χ3v) is 11.0. The van der Waals surface area contributed by atoms with Gasteiger partial charge in [0.05, 0.1) is 5.16 Å². The van der Waals surface area contributed by atoms with Crippen LogP contribution in [-0.2, 0) is 12.8 Å². The summed E-state index contributed by atoms with van der Waals surface area (Å²) in [4.78, 5) is 3.38. The van der Waals surface area contributed by atoms with Crippen molar-refractivity contribution < 1.29 is 26.3 Å². The van der Waals surface area contributed by atoms with Gasteiger partial charge in [-0.25, -0.2) is 26.3 Å². The summed E-state index contributed by atoms with van der Waals surface area (Å²) in [6, 6.07) is 46.1. The van der Waals surface area contributed by atoms with Crippen molar-refractivity contribution in [3.8, 4) is 66.8 Å². The van der Waals surface area contributed by atoms with Gasteiger partial charge >= 0.3 is 0 Å². The molecule has 0 aliphatic carbocycles. The molecule has 0 atom stereocenters. The van der Waals surface area contributed by atoms with E-state index in [-0.39, 0.29) is 22.3 Å². The highest BCUT2D eigenvalue weighted by atomic mass is 32.1.